The molecule has 4 nitrogen and oxygen atoms in total. The van der Waals surface area contributed by atoms with E-state index in [0.717, 1.165) is 0 Å². The van der Waals surface area contributed by atoms with Crippen LogP contribution in [-0.4, -0.2) is 11.8 Å². The van der Waals surface area contributed by atoms with Gasteiger partial charge in [-0.3, -0.25) is 0 Å². The normalized spacial score (nSPS) is 5.56. The summed E-state index contributed by atoms with van der Waals surface area (Å²) in [5.41, 5.74) is 11.9. The molecule has 0 rings (SSSR count). The minimum atomic E-state index is -0.583. The molecule has 0 spiro atoms. The number of hydrogen-bond acceptors (Lipinski definition) is 2. The van der Waals surface area contributed by atoms with Crippen LogP contribution in [0, 0.1) is 0 Å². The number of nitrogens with one attached hydrogen (secondary N) is 2. The van der Waals surface area contributed by atoms with E-state index in [2.05, 4.69) is 0 Å². The molecule has 0 atom stereocenters. The van der Waals surface area contributed by atoms with E-state index in [1.165, 1.54) is 13.8 Å². The van der Waals surface area contributed by atoms with E-state index in [9.17, 15) is 0 Å². The third-order valence-electron chi connectivity index (χ3n) is 0. The van der Waals surface area contributed by atoms with Gasteiger partial charge in [-0.1, -0.05) is 0 Å². The summed E-state index contributed by atoms with van der Waals surface area (Å²) in [6, 6.07) is 0. The van der Waals surface area contributed by atoms with Crippen LogP contribution in [0.1, 0.15) is 13.8 Å². The molecule has 56 valence electrons. The van der Waals surface area contributed by atoms with Crippen molar-refractivity contribution in [2.24, 2.45) is 0 Å². The third-order valence-corrected chi connectivity index (χ3v) is 0. The van der Waals surface area contributed by atoms with E-state index >= 15 is 0 Å². The summed E-state index contributed by atoms with van der Waals surface area (Å²) in [4.78, 5) is 18.2. The van der Waals surface area contributed by atoms with Crippen molar-refractivity contribution in [3.05, 3.63) is 11.5 Å². The first-order chi connectivity index (χ1) is 3.46. The molecule has 0 heterocycles. The van der Waals surface area contributed by atoms with Crippen LogP contribution in [0.25, 0.3) is 11.5 Å². The van der Waals surface area contributed by atoms with Crippen molar-refractivity contribution in [3.63, 3.8) is 0 Å². The second-order valence-electron chi connectivity index (χ2n) is 1.11. The van der Waals surface area contributed by atoms with Gasteiger partial charge in [-0.15, -0.1) is 0 Å². The number of carbonyl (C=O) groups is 2. The van der Waals surface area contributed by atoms with Gasteiger partial charge < -0.3 is 21.1 Å². The van der Waals surface area contributed by atoms with Crippen LogP contribution >= 0.6 is 0 Å². The first-order valence-corrected chi connectivity index (χ1v) is 1.91. The largest absolute Gasteiger partial charge is 2.00 e. The molecule has 2 N–H and O–H groups in total. The van der Waals surface area contributed by atoms with Gasteiger partial charge in [0, 0.05) is 11.8 Å². The van der Waals surface area contributed by atoms with E-state index < -0.39 is 11.8 Å². The van der Waals surface area contributed by atoms with Gasteiger partial charge in [-0.25, -0.2) is 0 Å². The molecule has 0 saturated heterocycles. The molecule has 0 aromatic heterocycles. The molecule has 9 heavy (non-hydrogen) atoms. The van der Waals surface area contributed by atoms with Crippen LogP contribution in [0.4, 0.5) is 0 Å². The van der Waals surface area contributed by atoms with Crippen molar-refractivity contribution in [2.75, 3.05) is 0 Å². The van der Waals surface area contributed by atoms with Crippen LogP contribution in [0.2, 0.25) is 0 Å². The molecule has 0 aromatic rings. The topological polar surface area (TPSA) is 81.7 Å². The van der Waals surface area contributed by atoms with E-state index in [1.54, 1.807) is 0 Å². The first kappa shape index (κ1) is 15.8. The fraction of sp³-hybridized carbons (Fsp3) is 0.500. The molecule has 0 aliphatic rings. The summed E-state index contributed by atoms with van der Waals surface area (Å²) in [5.74, 6) is -1.17. The van der Waals surface area contributed by atoms with Gasteiger partial charge in [0.15, 0.2) is 0 Å². The summed E-state index contributed by atoms with van der Waals surface area (Å²) in [5, 5.41) is 0. The van der Waals surface area contributed by atoms with E-state index in [1.807, 2.05) is 0 Å². The average Bonchev–Trinajstić information content (AvgIpc) is 1.25. The Morgan fingerprint density at radius 1 is 1.00 bits per heavy atom. The fourth-order valence-corrected chi connectivity index (χ4v) is 0. The minimum Gasteiger partial charge on any atom is -0.668 e. The van der Waals surface area contributed by atoms with E-state index in [0.29, 0.717) is 0 Å². The minimum absolute atomic E-state index is 0. The van der Waals surface area contributed by atoms with Crippen LogP contribution in [0.15, 0.2) is 0 Å². The smallest absolute Gasteiger partial charge is 0.668 e. The van der Waals surface area contributed by atoms with Crippen molar-refractivity contribution >= 4 is 11.8 Å². The van der Waals surface area contributed by atoms with Crippen LogP contribution in [-0.2, 0) is 30.7 Å². The van der Waals surface area contributed by atoms with Gasteiger partial charge in [0.2, 0.25) is 0 Å². The Bertz CT molecular complexity index is 74.6. The number of hydrogen-bond donors (Lipinski definition) is 0. The van der Waals surface area contributed by atoms with Crippen molar-refractivity contribution in [3.8, 4) is 0 Å². The monoisotopic (exact) mass is 311 g/mol. The number of rotatable bonds is 0. The maximum atomic E-state index is 9.11. The fourth-order valence-electron chi connectivity index (χ4n) is 0. The van der Waals surface area contributed by atoms with Crippen LogP contribution in [0.3, 0.4) is 0 Å². The van der Waals surface area contributed by atoms with Gasteiger partial charge >= 0.3 is 21.1 Å². The van der Waals surface area contributed by atoms with Gasteiger partial charge in [0.25, 0.3) is 0 Å². The Balaban J connectivity index is -0.0000000720. The maximum Gasteiger partial charge on any atom is 2.00 e. The Labute approximate surface area is 68.2 Å². The molecule has 0 aromatic carbocycles. The standard InChI is InChI=1S/2C2H5NO.Pt/c2*1-2(3)4;/h2*1H3,(H2,3,4);/q;;+2/p-2. The van der Waals surface area contributed by atoms with Gasteiger partial charge in [-0.05, 0) is 13.8 Å². The molecule has 0 aliphatic carbocycles. The average molecular weight is 311 g/mol. The molecule has 2 amide bonds. The molecule has 0 saturated carbocycles. The molecular formula is C4H8N2O2Pt. The second kappa shape index (κ2) is 10.6. The third kappa shape index (κ3) is 1750. The molecule has 0 radical (unpaired) electrons. The van der Waals surface area contributed by atoms with E-state index in [-0.39, 0.29) is 21.1 Å². The van der Waals surface area contributed by atoms with Gasteiger partial charge in [0.1, 0.15) is 0 Å². The van der Waals surface area contributed by atoms with Crippen molar-refractivity contribution in [2.45, 2.75) is 13.8 Å². The Morgan fingerprint density at radius 2 is 1.00 bits per heavy atom. The summed E-state index contributed by atoms with van der Waals surface area (Å²) < 4.78 is 0. The maximum absolute atomic E-state index is 9.11. The van der Waals surface area contributed by atoms with Gasteiger partial charge in [-0.2, -0.15) is 0 Å². The molecule has 0 aliphatic heterocycles. The summed E-state index contributed by atoms with van der Waals surface area (Å²) >= 11 is 0. The van der Waals surface area contributed by atoms with Crippen molar-refractivity contribution in [1.82, 2.24) is 0 Å². The molecule has 0 bridgehead atoms. The first-order valence-electron chi connectivity index (χ1n) is 1.91. The van der Waals surface area contributed by atoms with Crippen LogP contribution < -0.4 is 0 Å². The number of carbonyl (C=O) groups excluding carboxylic acids is 2. The molecule has 0 fully saturated rings. The zero-order valence-corrected chi connectivity index (χ0v) is 7.40. The zero-order valence-electron chi connectivity index (χ0n) is 5.13. The predicted molar refractivity (Wildman–Crippen MR) is 30.0 cm³/mol. The van der Waals surface area contributed by atoms with Crippen molar-refractivity contribution < 1.29 is 30.7 Å². The summed E-state index contributed by atoms with van der Waals surface area (Å²) in [6.45, 7) is 2.39. The van der Waals surface area contributed by atoms with Gasteiger partial charge in [0.05, 0.1) is 0 Å². The van der Waals surface area contributed by atoms with E-state index in [4.69, 9.17) is 21.1 Å². The quantitative estimate of drug-likeness (QED) is 0.673. The number of amides is 2. The zero-order chi connectivity index (χ0) is 7.15. The Kier molecular flexibility index (Phi) is 18.6. The van der Waals surface area contributed by atoms with Crippen molar-refractivity contribution in [1.29, 1.82) is 0 Å². The predicted octanol–water partition coefficient (Wildman–Crippen LogP) is 1.17. The summed E-state index contributed by atoms with van der Waals surface area (Å²) in [7, 11) is 0. The molecule has 5 heteroatoms. The second-order valence-corrected chi connectivity index (χ2v) is 1.11. The Morgan fingerprint density at radius 3 is 1.00 bits per heavy atom. The van der Waals surface area contributed by atoms with Crippen LogP contribution in [0.5, 0.6) is 0 Å². The Hall–Kier alpha value is -0.372. The SMILES string of the molecule is CC([NH-])=O.CC([NH-])=O.[Pt+2]. The molecule has 0 unspecified atom stereocenters. The molecular weight excluding hydrogens is 303 g/mol. The summed E-state index contributed by atoms with van der Waals surface area (Å²) in [6.07, 6.45) is 0.